The Bertz CT molecular complexity index is 757. The molecule has 1 aliphatic rings. The van der Waals surface area contributed by atoms with Crippen molar-refractivity contribution in [2.45, 2.75) is 47.1 Å². The first-order chi connectivity index (χ1) is 11.4. The zero-order valence-corrected chi connectivity index (χ0v) is 15.4. The Morgan fingerprint density at radius 3 is 2.54 bits per heavy atom. The molecule has 2 aromatic heterocycles. The quantitative estimate of drug-likeness (QED) is 0.851. The summed E-state index contributed by atoms with van der Waals surface area (Å²) in [6.45, 7) is 9.81. The number of nitrogens with zero attached hydrogens (tertiary/aromatic N) is 4. The first kappa shape index (κ1) is 17.0. The molecule has 1 saturated heterocycles. The number of amides is 1. The van der Waals surface area contributed by atoms with Crippen LogP contribution in [0.15, 0.2) is 4.52 Å². The molecule has 1 fully saturated rings. The molecule has 3 rings (SSSR count). The number of aromatic nitrogens is 3. The molecule has 0 N–H and O–H groups in total. The molecule has 7 heteroatoms. The van der Waals surface area contributed by atoms with Gasteiger partial charge in [-0.3, -0.25) is 9.48 Å². The Kier molecular flexibility index (Phi) is 4.67. The van der Waals surface area contributed by atoms with Crippen LogP contribution < -0.4 is 0 Å². The fourth-order valence-corrected chi connectivity index (χ4v) is 3.22. The molecule has 24 heavy (non-hydrogen) atoms. The van der Waals surface area contributed by atoms with Gasteiger partial charge in [0.25, 0.3) is 5.91 Å². The highest BCUT2D eigenvalue weighted by molar-refractivity contribution is 6.31. The van der Waals surface area contributed by atoms with Crippen LogP contribution in [-0.4, -0.2) is 38.8 Å². The number of piperidine rings is 1. The molecule has 2 aromatic rings. The lowest BCUT2D eigenvalue weighted by molar-refractivity contribution is 0.0685. The van der Waals surface area contributed by atoms with E-state index in [1.165, 1.54) is 0 Å². The van der Waals surface area contributed by atoms with E-state index < -0.39 is 0 Å². The third-order valence-corrected chi connectivity index (χ3v) is 5.41. The average molecular weight is 351 g/mol. The van der Waals surface area contributed by atoms with Crippen LogP contribution in [0.3, 0.4) is 0 Å². The van der Waals surface area contributed by atoms with Gasteiger partial charge in [0, 0.05) is 18.7 Å². The molecule has 0 bridgehead atoms. The summed E-state index contributed by atoms with van der Waals surface area (Å²) in [5.74, 6) is 1.26. The maximum atomic E-state index is 12.8. The number of carbonyl (C=O) groups is 1. The number of rotatable bonds is 3. The smallest absolute Gasteiger partial charge is 0.276 e. The Morgan fingerprint density at radius 2 is 1.96 bits per heavy atom. The number of aryl methyl sites for hydroxylation is 2. The van der Waals surface area contributed by atoms with Crippen LogP contribution in [0.25, 0.3) is 0 Å². The summed E-state index contributed by atoms with van der Waals surface area (Å²) in [6.07, 6.45) is 2.07. The van der Waals surface area contributed by atoms with Gasteiger partial charge in [0.2, 0.25) is 0 Å². The highest BCUT2D eigenvalue weighted by Gasteiger charge is 2.28. The predicted molar refractivity (Wildman–Crippen MR) is 91.4 cm³/mol. The Morgan fingerprint density at radius 1 is 1.29 bits per heavy atom. The van der Waals surface area contributed by atoms with Crippen molar-refractivity contribution in [3.05, 3.63) is 33.4 Å². The first-order valence-electron chi connectivity index (χ1n) is 8.32. The Hall–Kier alpha value is -1.82. The molecule has 0 atom stereocenters. The topological polar surface area (TPSA) is 64.2 Å². The van der Waals surface area contributed by atoms with Crippen molar-refractivity contribution in [2.24, 2.45) is 5.92 Å². The summed E-state index contributed by atoms with van der Waals surface area (Å²) in [4.78, 5) is 14.7. The van der Waals surface area contributed by atoms with Gasteiger partial charge in [0.05, 0.1) is 23.0 Å². The van der Waals surface area contributed by atoms with Crippen LogP contribution in [0, 0.1) is 26.7 Å². The van der Waals surface area contributed by atoms with Gasteiger partial charge >= 0.3 is 0 Å². The molecular formula is C17H23ClN4O2. The molecule has 6 nitrogen and oxygen atoms in total. The van der Waals surface area contributed by atoms with Gasteiger partial charge in [0.1, 0.15) is 5.76 Å². The van der Waals surface area contributed by atoms with E-state index in [2.05, 4.69) is 17.2 Å². The summed E-state index contributed by atoms with van der Waals surface area (Å²) < 4.78 is 7.10. The van der Waals surface area contributed by atoms with Crippen LogP contribution in [-0.2, 0) is 6.54 Å². The molecule has 3 heterocycles. The summed E-state index contributed by atoms with van der Waals surface area (Å²) >= 11 is 6.22. The molecule has 0 aliphatic carbocycles. The zero-order valence-electron chi connectivity index (χ0n) is 14.6. The van der Waals surface area contributed by atoms with Crippen molar-refractivity contribution in [1.82, 2.24) is 19.8 Å². The highest BCUT2D eigenvalue weighted by atomic mass is 35.5. The minimum absolute atomic E-state index is 0.0543. The lowest BCUT2D eigenvalue weighted by Crippen LogP contribution is -2.38. The number of hydrogen-bond donors (Lipinski definition) is 0. The summed E-state index contributed by atoms with van der Waals surface area (Å²) in [7, 11) is 0. The van der Waals surface area contributed by atoms with Gasteiger partial charge in [-0.05, 0) is 39.5 Å². The van der Waals surface area contributed by atoms with Crippen LogP contribution in [0.1, 0.15) is 53.0 Å². The van der Waals surface area contributed by atoms with Crippen molar-refractivity contribution < 1.29 is 9.32 Å². The fourth-order valence-electron chi connectivity index (χ4n) is 3.09. The summed E-state index contributed by atoms with van der Waals surface area (Å²) in [5, 5.41) is 9.12. The standard InChI is InChI=1S/C17H23ClN4O2/c1-10-5-7-21(8-6-10)17(23)16-14(13(4)24-20-16)9-22-12(3)15(18)11(2)19-22/h10H,5-9H2,1-4H3. The normalized spacial score (nSPS) is 16.0. The third-order valence-electron chi connectivity index (χ3n) is 4.86. The van der Waals surface area contributed by atoms with Gasteiger partial charge in [-0.1, -0.05) is 23.7 Å². The van der Waals surface area contributed by atoms with Gasteiger partial charge < -0.3 is 9.42 Å². The summed E-state index contributed by atoms with van der Waals surface area (Å²) in [5.41, 5.74) is 2.83. The largest absolute Gasteiger partial charge is 0.361 e. The first-order valence-corrected chi connectivity index (χ1v) is 8.70. The molecule has 0 aromatic carbocycles. The van der Waals surface area contributed by atoms with Crippen molar-refractivity contribution >= 4 is 17.5 Å². The van der Waals surface area contributed by atoms with E-state index >= 15 is 0 Å². The number of likely N-dealkylation sites (tertiary alicyclic amines) is 1. The lowest BCUT2D eigenvalue weighted by atomic mass is 9.99. The van der Waals surface area contributed by atoms with Crippen LogP contribution >= 0.6 is 11.6 Å². The Balaban J connectivity index is 1.86. The maximum absolute atomic E-state index is 12.8. The molecular weight excluding hydrogens is 328 g/mol. The van der Waals surface area contributed by atoms with E-state index in [4.69, 9.17) is 16.1 Å². The molecule has 1 amide bonds. The van der Waals surface area contributed by atoms with Crippen molar-refractivity contribution in [3.8, 4) is 0 Å². The predicted octanol–water partition coefficient (Wildman–Crippen LogP) is 3.37. The minimum Gasteiger partial charge on any atom is -0.361 e. The second-order valence-electron chi connectivity index (χ2n) is 6.68. The second kappa shape index (κ2) is 6.59. The molecule has 0 spiro atoms. The van der Waals surface area contributed by atoms with E-state index in [0.29, 0.717) is 28.9 Å². The number of carbonyl (C=O) groups excluding carboxylic acids is 1. The number of hydrogen-bond acceptors (Lipinski definition) is 4. The molecule has 0 unspecified atom stereocenters. The van der Waals surface area contributed by atoms with Gasteiger partial charge in [-0.2, -0.15) is 5.10 Å². The lowest BCUT2D eigenvalue weighted by Gasteiger charge is -2.29. The van der Waals surface area contributed by atoms with E-state index in [-0.39, 0.29) is 5.91 Å². The van der Waals surface area contributed by atoms with Gasteiger partial charge in [0.15, 0.2) is 5.69 Å². The third kappa shape index (κ3) is 3.07. The zero-order chi connectivity index (χ0) is 17.4. The summed E-state index contributed by atoms with van der Waals surface area (Å²) in [6, 6.07) is 0. The highest BCUT2D eigenvalue weighted by Crippen LogP contribution is 2.24. The van der Waals surface area contributed by atoms with E-state index in [0.717, 1.165) is 42.9 Å². The molecule has 0 saturated carbocycles. The second-order valence-corrected chi connectivity index (χ2v) is 7.06. The maximum Gasteiger partial charge on any atom is 0.276 e. The van der Waals surface area contributed by atoms with Crippen molar-refractivity contribution in [2.75, 3.05) is 13.1 Å². The molecule has 0 radical (unpaired) electrons. The molecule has 1 aliphatic heterocycles. The van der Waals surface area contributed by atoms with Crippen LogP contribution in [0.2, 0.25) is 5.02 Å². The minimum atomic E-state index is -0.0543. The molecule has 130 valence electrons. The van der Waals surface area contributed by atoms with Crippen LogP contribution in [0.5, 0.6) is 0 Å². The van der Waals surface area contributed by atoms with Gasteiger partial charge in [-0.15, -0.1) is 0 Å². The van der Waals surface area contributed by atoms with E-state index in [1.807, 2.05) is 25.7 Å². The van der Waals surface area contributed by atoms with Crippen molar-refractivity contribution in [1.29, 1.82) is 0 Å². The SMILES string of the molecule is Cc1nn(Cc2c(C(=O)N3CCC(C)CC3)noc2C)c(C)c1Cl. The van der Waals surface area contributed by atoms with Crippen LogP contribution in [0.4, 0.5) is 0 Å². The monoisotopic (exact) mass is 350 g/mol. The van der Waals surface area contributed by atoms with Crippen molar-refractivity contribution in [3.63, 3.8) is 0 Å². The fraction of sp³-hybridized carbons (Fsp3) is 0.588. The number of halogens is 1. The van der Waals surface area contributed by atoms with E-state index in [1.54, 1.807) is 4.68 Å². The van der Waals surface area contributed by atoms with Gasteiger partial charge in [-0.25, -0.2) is 0 Å². The Labute approximate surface area is 146 Å². The average Bonchev–Trinajstić information content (AvgIpc) is 3.04. The van der Waals surface area contributed by atoms with E-state index in [9.17, 15) is 4.79 Å².